The summed E-state index contributed by atoms with van der Waals surface area (Å²) >= 11 is 0. The molecule has 0 unspecified atom stereocenters. The molecule has 0 atom stereocenters. The Kier molecular flexibility index (Phi) is 6.99. The summed E-state index contributed by atoms with van der Waals surface area (Å²) in [4.78, 5) is 26.1. The van der Waals surface area contributed by atoms with Crippen LogP contribution in [0.1, 0.15) is 29.2 Å². The lowest BCUT2D eigenvalue weighted by Crippen LogP contribution is -2.41. The Morgan fingerprint density at radius 2 is 1.63 bits per heavy atom. The first-order valence-corrected chi connectivity index (χ1v) is 9.07. The minimum Gasteiger partial charge on any atom is -0.497 e. The number of carbonyl (C=O) groups is 2. The van der Waals surface area contributed by atoms with Crippen LogP contribution in [0, 0.1) is 20.8 Å². The Labute approximate surface area is 161 Å². The van der Waals surface area contributed by atoms with Gasteiger partial charge >= 0.3 is 0 Å². The monoisotopic (exact) mass is 368 g/mol. The first-order valence-electron chi connectivity index (χ1n) is 9.07. The molecule has 2 aromatic rings. The smallest absolute Gasteiger partial charge is 0.240 e. The standard InChI is InChI=1S/C22H28N2O3/c1-15-12-16(2)22(17(3)13-15)24(18(4)25)14-21(26)23-11-10-19-6-8-20(27-5)9-7-19/h6-9,12-13H,10-11,14H2,1-5H3,(H,23,26). The minimum absolute atomic E-state index is 0.0166. The molecule has 1 N–H and O–H groups in total. The van der Waals surface area contributed by atoms with Gasteiger partial charge in [0, 0.05) is 13.5 Å². The van der Waals surface area contributed by atoms with Crippen LogP contribution in [0.2, 0.25) is 0 Å². The van der Waals surface area contributed by atoms with Crippen LogP contribution in [0.15, 0.2) is 36.4 Å². The van der Waals surface area contributed by atoms with Gasteiger partial charge in [0.05, 0.1) is 12.8 Å². The van der Waals surface area contributed by atoms with E-state index in [9.17, 15) is 9.59 Å². The summed E-state index contributed by atoms with van der Waals surface area (Å²) in [7, 11) is 1.63. The Balaban J connectivity index is 1.98. The number of amides is 2. The highest BCUT2D eigenvalue weighted by Crippen LogP contribution is 2.26. The predicted molar refractivity (Wildman–Crippen MR) is 108 cm³/mol. The van der Waals surface area contributed by atoms with Crippen LogP contribution in [-0.4, -0.2) is 32.0 Å². The third kappa shape index (κ3) is 5.58. The van der Waals surface area contributed by atoms with Gasteiger partial charge in [-0.15, -0.1) is 0 Å². The van der Waals surface area contributed by atoms with Crippen molar-refractivity contribution in [2.45, 2.75) is 34.1 Å². The van der Waals surface area contributed by atoms with E-state index in [4.69, 9.17) is 4.74 Å². The van der Waals surface area contributed by atoms with Crippen molar-refractivity contribution in [2.75, 3.05) is 25.1 Å². The average Bonchev–Trinajstić information content (AvgIpc) is 2.60. The van der Waals surface area contributed by atoms with Gasteiger partial charge in [0.15, 0.2) is 0 Å². The average molecular weight is 368 g/mol. The number of carbonyl (C=O) groups excluding carboxylic acids is 2. The number of anilines is 1. The lowest BCUT2D eigenvalue weighted by molar-refractivity contribution is -0.123. The lowest BCUT2D eigenvalue weighted by Gasteiger charge is -2.25. The molecule has 0 aliphatic rings. The van der Waals surface area contributed by atoms with Crippen LogP contribution >= 0.6 is 0 Å². The molecule has 0 bridgehead atoms. The van der Waals surface area contributed by atoms with Gasteiger partial charge in [-0.1, -0.05) is 29.8 Å². The molecule has 5 heteroatoms. The fourth-order valence-corrected chi connectivity index (χ4v) is 3.28. The number of aryl methyl sites for hydroxylation is 3. The zero-order chi connectivity index (χ0) is 20.0. The predicted octanol–water partition coefficient (Wildman–Crippen LogP) is 3.33. The number of ether oxygens (including phenoxy) is 1. The fourth-order valence-electron chi connectivity index (χ4n) is 3.28. The highest BCUT2D eigenvalue weighted by atomic mass is 16.5. The molecule has 0 fully saturated rings. The summed E-state index contributed by atoms with van der Waals surface area (Å²) < 4.78 is 5.14. The third-order valence-electron chi connectivity index (χ3n) is 4.48. The SMILES string of the molecule is COc1ccc(CCNC(=O)CN(C(C)=O)c2c(C)cc(C)cc2C)cc1. The van der Waals surface area contributed by atoms with E-state index in [0.717, 1.165) is 40.1 Å². The van der Waals surface area contributed by atoms with Crippen molar-refractivity contribution in [1.82, 2.24) is 5.32 Å². The van der Waals surface area contributed by atoms with Crippen LogP contribution in [0.25, 0.3) is 0 Å². The van der Waals surface area contributed by atoms with Crippen molar-refractivity contribution in [1.29, 1.82) is 0 Å². The molecule has 2 rings (SSSR count). The molecule has 144 valence electrons. The van der Waals surface area contributed by atoms with E-state index >= 15 is 0 Å². The van der Waals surface area contributed by atoms with E-state index in [-0.39, 0.29) is 18.4 Å². The summed E-state index contributed by atoms with van der Waals surface area (Å²) in [5.74, 6) is 0.497. The Bertz CT molecular complexity index is 790. The second-order valence-corrected chi connectivity index (χ2v) is 6.80. The van der Waals surface area contributed by atoms with E-state index in [1.54, 1.807) is 12.0 Å². The maximum atomic E-state index is 12.4. The summed E-state index contributed by atoms with van der Waals surface area (Å²) in [6, 6.07) is 11.8. The number of hydrogen-bond donors (Lipinski definition) is 1. The summed E-state index contributed by atoms with van der Waals surface area (Å²) in [5, 5.41) is 2.90. The Morgan fingerprint density at radius 1 is 1.04 bits per heavy atom. The highest BCUT2D eigenvalue weighted by Gasteiger charge is 2.19. The molecule has 0 saturated carbocycles. The molecule has 0 heterocycles. The topological polar surface area (TPSA) is 58.6 Å². The second-order valence-electron chi connectivity index (χ2n) is 6.80. The van der Waals surface area contributed by atoms with Crippen molar-refractivity contribution < 1.29 is 14.3 Å². The van der Waals surface area contributed by atoms with Crippen LogP contribution in [0.3, 0.4) is 0 Å². The highest BCUT2D eigenvalue weighted by molar-refractivity contribution is 5.98. The van der Waals surface area contributed by atoms with Gasteiger partial charge in [-0.25, -0.2) is 0 Å². The number of hydrogen-bond acceptors (Lipinski definition) is 3. The summed E-state index contributed by atoms with van der Waals surface area (Å²) in [6.07, 6.45) is 0.721. The molecule has 0 radical (unpaired) electrons. The molecular weight excluding hydrogens is 340 g/mol. The molecule has 27 heavy (non-hydrogen) atoms. The zero-order valence-electron chi connectivity index (χ0n) is 16.8. The van der Waals surface area contributed by atoms with Crippen molar-refractivity contribution in [3.63, 3.8) is 0 Å². The lowest BCUT2D eigenvalue weighted by atomic mass is 10.0. The number of methoxy groups -OCH3 is 1. The molecule has 0 spiro atoms. The third-order valence-corrected chi connectivity index (χ3v) is 4.48. The van der Waals surface area contributed by atoms with Crippen molar-refractivity contribution >= 4 is 17.5 Å². The second kappa shape index (κ2) is 9.21. The van der Waals surface area contributed by atoms with Gasteiger partial charge in [0.25, 0.3) is 0 Å². The van der Waals surface area contributed by atoms with Crippen molar-refractivity contribution in [3.8, 4) is 5.75 Å². The first-order chi connectivity index (χ1) is 12.8. The van der Waals surface area contributed by atoms with Gasteiger partial charge in [-0.2, -0.15) is 0 Å². The molecule has 0 aromatic heterocycles. The minimum atomic E-state index is -0.168. The Morgan fingerprint density at radius 3 is 2.15 bits per heavy atom. The molecule has 2 aromatic carbocycles. The van der Waals surface area contributed by atoms with Crippen molar-refractivity contribution in [3.05, 3.63) is 58.7 Å². The summed E-state index contributed by atoms with van der Waals surface area (Å²) in [6.45, 7) is 7.97. The quantitative estimate of drug-likeness (QED) is 0.815. The van der Waals surface area contributed by atoms with E-state index in [2.05, 4.69) is 5.32 Å². The molecule has 2 amide bonds. The number of nitrogens with zero attached hydrogens (tertiary/aromatic N) is 1. The molecule has 0 aliphatic carbocycles. The maximum absolute atomic E-state index is 12.4. The van der Waals surface area contributed by atoms with Crippen LogP contribution < -0.4 is 15.0 Å². The normalized spacial score (nSPS) is 10.4. The van der Waals surface area contributed by atoms with Crippen LogP contribution in [0.4, 0.5) is 5.69 Å². The first kappa shape index (κ1) is 20.5. The van der Waals surface area contributed by atoms with Crippen molar-refractivity contribution in [2.24, 2.45) is 0 Å². The zero-order valence-corrected chi connectivity index (χ0v) is 16.8. The van der Waals surface area contributed by atoms with E-state index in [1.165, 1.54) is 6.92 Å². The van der Waals surface area contributed by atoms with Gasteiger partial charge < -0.3 is 15.0 Å². The van der Waals surface area contributed by atoms with E-state index in [0.29, 0.717) is 6.54 Å². The molecular formula is C22H28N2O3. The van der Waals surface area contributed by atoms with E-state index < -0.39 is 0 Å². The number of rotatable bonds is 7. The van der Waals surface area contributed by atoms with E-state index in [1.807, 2.05) is 57.2 Å². The van der Waals surface area contributed by atoms with Crippen LogP contribution in [0.5, 0.6) is 5.75 Å². The molecule has 0 saturated heterocycles. The molecule has 5 nitrogen and oxygen atoms in total. The van der Waals surface area contributed by atoms with Gasteiger partial charge in [-0.05, 0) is 56.0 Å². The Hall–Kier alpha value is -2.82. The van der Waals surface area contributed by atoms with Gasteiger partial charge in [0.1, 0.15) is 12.3 Å². The number of nitrogens with one attached hydrogen (secondary N) is 1. The fraction of sp³-hybridized carbons (Fsp3) is 0.364. The largest absolute Gasteiger partial charge is 0.497 e. The maximum Gasteiger partial charge on any atom is 0.240 e. The summed E-state index contributed by atoms with van der Waals surface area (Å²) in [5.41, 5.74) is 5.06. The van der Waals surface area contributed by atoms with Gasteiger partial charge in [-0.3, -0.25) is 9.59 Å². The molecule has 0 aliphatic heterocycles. The van der Waals surface area contributed by atoms with Gasteiger partial charge in [0.2, 0.25) is 11.8 Å². The number of benzene rings is 2. The van der Waals surface area contributed by atoms with Crippen LogP contribution in [-0.2, 0) is 16.0 Å².